The summed E-state index contributed by atoms with van der Waals surface area (Å²) < 4.78 is 28.1. The molecule has 2 aromatic heterocycles. The molecule has 3 rings (SSSR count). The molecule has 2 heterocycles. The SMILES string of the molecule is FC(F)n1nccc1CNCc1cnn(C2CCCC2)c1. The first kappa shape index (κ1) is 14.2. The van der Waals surface area contributed by atoms with Crippen molar-refractivity contribution in [1.82, 2.24) is 24.9 Å². The van der Waals surface area contributed by atoms with Gasteiger partial charge in [-0.3, -0.25) is 4.68 Å². The Hall–Kier alpha value is -1.76. The van der Waals surface area contributed by atoms with Crippen LogP contribution in [0.15, 0.2) is 24.7 Å². The first-order valence-electron chi connectivity index (χ1n) is 7.28. The minimum Gasteiger partial charge on any atom is -0.307 e. The number of hydrogen-bond acceptors (Lipinski definition) is 3. The Bertz CT molecular complexity index is 571. The van der Waals surface area contributed by atoms with E-state index in [4.69, 9.17) is 0 Å². The topological polar surface area (TPSA) is 47.7 Å². The van der Waals surface area contributed by atoms with Gasteiger partial charge in [0.15, 0.2) is 0 Å². The fourth-order valence-electron chi connectivity index (χ4n) is 2.83. The average Bonchev–Trinajstić information content (AvgIpc) is 3.20. The summed E-state index contributed by atoms with van der Waals surface area (Å²) >= 11 is 0. The summed E-state index contributed by atoms with van der Waals surface area (Å²) in [5, 5.41) is 11.2. The number of rotatable bonds is 6. The van der Waals surface area contributed by atoms with Crippen molar-refractivity contribution in [2.45, 2.75) is 51.4 Å². The van der Waals surface area contributed by atoms with Crippen LogP contribution in [-0.2, 0) is 13.1 Å². The van der Waals surface area contributed by atoms with Gasteiger partial charge in [0.1, 0.15) is 0 Å². The molecule has 114 valence electrons. The van der Waals surface area contributed by atoms with E-state index in [1.54, 1.807) is 6.07 Å². The van der Waals surface area contributed by atoms with Gasteiger partial charge in [-0.25, -0.2) is 4.68 Å². The Morgan fingerprint density at radius 2 is 2.05 bits per heavy atom. The van der Waals surface area contributed by atoms with Crippen LogP contribution in [-0.4, -0.2) is 19.6 Å². The van der Waals surface area contributed by atoms with Gasteiger partial charge in [0, 0.05) is 31.0 Å². The molecule has 1 N–H and O–H groups in total. The van der Waals surface area contributed by atoms with Crippen molar-refractivity contribution in [2.75, 3.05) is 0 Å². The van der Waals surface area contributed by atoms with E-state index < -0.39 is 6.55 Å². The molecular weight excluding hydrogens is 276 g/mol. The Balaban J connectivity index is 1.52. The van der Waals surface area contributed by atoms with E-state index in [1.165, 1.54) is 31.9 Å². The molecule has 1 aliphatic rings. The van der Waals surface area contributed by atoms with E-state index in [1.807, 2.05) is 17.1 Å². The maximum Gasteiger partial charge on any atom is 0.333 e. The van der Waals surface area contributed by atoms with Crippen molar-refractivity contribution in [3.63, 3.8) is 0 Å². The van der Waals surface area contributed by atoms with Gasteiger partial charge in [-0.2, -0.15) is 19.0 Å². The van der Waals surface area contributed by atoms with Crippen LogP contribution in [0, 0.1) is 0 Å². The lowest BCUT2D eigenvalue weighted by Crippen LogP contribution is -2.16. The highest BCUT2D eigenvalue weighted by Crippen LogP contribution is 2.28. The molecule has 0 saturated heterocycles. The van der Waals surface area contributed by atoms with E-state index in [-0.39, 0.29) is 0 Å². The van der Waals surface area contributed by atoms with Crippen molar-refractivity contribution in [3.8, 4) is 0 Å². The largest absolute Gasteiger partial charge is 0.333 e. The number of nitrogens with one attached hydrogen (secondary N) is 1. The summed E-state index contributed by atoms with van der Waals surface area (Å²) in [6, 6.07) is 2.13. The quantitative estimate of drug-likeness (QED) is 0.891. The number of halogens is 2. The smallest absolute Gasteiger partial charge is 0.307 e. The summed E-state index contributed by atoms with van der Waals surface area (Å²) in [6.45, 7) is -1.62. The molecule has 0 atom stereocenters. The maximum atomic E-state index is 12.6. The molecular formula is C14H19F2N5. The van der Waals surface area contributed by atoms with Gasteiger partial charge in [0.05, 0.1) is 17.9 Å². The number of alkyl halides is 2. The molecule has 0 aromatic carbocycles. The molecule has 0 bridgehead atoms. The zero-order valence-corrected chi connectivity index (χ0v) is 11.8. The van der Waals surface area contributed by atoms with Gasteiger partial charge in [-0.1, -0.05) is 12.8 Å². The van der Waals surface area contributed by atoms with E-state index >= 15 is 0 Å². The van der Waals surface area contributed by atoms with Gasteiger partial charge in [0.2, 0.25) is 0 Å². The molecule has 1 saturated carbocycles. The van der Waals surface area contributed by atoms with Gasteiger partial charge in [-0.15, -0.1) is 0 Å². The minimum atomic E-state index is -2.60. The maximum absolute atomic E-state index is 12.6. The molecule has 1 fully saturated rings. The molecule has 5 nitrogen and oxygen atoms in total. The van der Waals surface area contributed by atoms with Crippen LogP contribution in [0.25, 0.3) is 0 Å². The summed E-state index contributed by atoms with van der Waals surface area (Å²) in [5.41, 5.74) is 1.55. The van der Waals surface area contributed by atoms with E-state index in [9.17, 15) is 8.78 Å². The van der Waals surface area contributed by atoms with Crippen molar-refractivity contribution in [2.24, 2.45) is 0 Å². The molecule has 0 amide bonds. The number of aromatic nitrogens is 4. The normalized spacial score (nSPS) is 16.1. The van der Waals surface area contributed by atoms with Gasteiger partial charge < -0.3 is 5.32 Å². The zero-order valence-electron chi connectivity index (χ0n) is 11.8. The van der Waals surface area contributed by atoms with Crippen molar-refractivity contribution in [1.29, 1.82) is 0 Å². The van der Waals surface area contributed by atoms with Gasteiger partial charge in [0.25, 0.3) is 0 Å². The predicted molar refractivity (Wildman–Crippen MR) is 73.8 cm³/mol. The van der Waals surface area contributed by atoms with Crippen molar-refractivity contribution in [3.05, 3.63) is 35.9 Å². The van der Waals surface area contributed by atoms with E-state index in [2.05, 4.69) is 15.5 Å². The molecule has 21 heavy (non-hydrogen) atoms. The second-order valence-electron chi connectivity index (χ2n) is 5.42. The molecule has 0 spiro atoms. The van der Waals surface area contributed by atoms with Gasteiger partial charge in [-0.05, 0) is 18.9 Å². The highest BCUT2D eigenvalue weighted by molar-refractivity contribution is 5.06. The van der Waals surface area contributed by atoms with Crippen LogP contribution in [0.4, 0.5) is 8.78 Å². The lowest BCUT2D eigenvalue weighted by Gasteiger charge is -2.09. The zero-order chi connectivity index (χ0) is 14.7. The highest BCUT2D eigenvalue weighted by atomic mass is 19.3. The first-order chi connectivity index (χ1) is 10.2. The molecule has 2 aromatic rings. The van der Waals surface area contributed by atoms with Crippen LogP contribution in [0.1, 0.15) is 49.5 Å². The molecule has 0 aliphatic heterocycles. The second kappa shape index (κ2) is 6.34. The predicted octanol–water partition coefficient (Wildman–Crippen LogP) is 2.88. The summed E-state index contributed by atoms with van der Waals surface area (Å²) in [5.74, 6) is 0. The van der Waals surface area contributed by atoms with Crippen LogP contribution >= 0.6 is 0 Å². The fraction of sp³-hybridized carbons (Fsp3) is 0.571. The van der Waals surface area contributed by atoms with Crippen molar-refractivity contribution >= 4 is 0 Å². The highest BCUT2D eigenvalue weighted by Gasteiger charge is 2.17. The van der Waals surface area contributed by atoms with Crippen LogP contribution in [0.2, 0.25) is 0 Å². The van der Waals surface area contributed by atoms with E-state index in [0.717, 1.165) is 10.2 Å². The third-order valence-corrected chi connectivity index (χ3v) is 3.93. The molecule has 0 unspecified atom stereocenters. The Kier molecular flexibility index (Phi) is 4.28. The van der Waals surface area contributed by atoms with Crippen LogP contribution < -0.4 is 5.32 Å². The second-order valence-corrected chi connectivity index (χ2v) is 5.42. The fourth-order valence-corrected chi connectivity index (χ4v) is 2.83. The average molecular weight is 295 g/mol. The summed E-state index contributed by atoms with van der Waals surface area (Å²) in [7, 11) is 0. The van der Waals surface area contributed by atoms with E-state index in [0.29, 0.717) is 24.8 Å². The Morgan fingerprint density at radius 1 is 1.24 bits per heavy atom. The molecule has 7 heteroatoms. The van der Waals surface area contributed by atoms with Gasteiger partial charge >= 0.3 is 6.55 Å². The standard InChI is InChI=1S/C14H19F2N5/c15-14(16)21-13(5-6-18-21)9-17-7-11-8-19-20(10-11)12-3-1-2-4-12/h5-6,8,10,12,14,17H,1-4,7,9H2. The first-order valence-corrected chi connectivity index (χ1v) is 7.28. The monoisotopic (exact) mass is 295 g/mol. The minimum absolute atomic E-state index is 0.360. The lowest BCUT2D eigenvalue weighted by molar-refractivity contribution is 0.0531. The number of hydrogen-bond donors (Lipinski definition) is 1. The Morgan fingerprint density at radius 3 is 2.81 bits per heavy atom. The van der Waals surface area contributed by atoms with Crippen LogP contribution in [0.3, 0.4) is 0 Å². The third-order valence-electron chi connectivity index (χ3n) is 3.93. The molecule has 0 radical (unpaired) electrons. The molecule has 1 aliphatic carbocycles. The summed E-state index contributed by atoms with van der Waals surface area (Å²) in [4.78, 5) is 0. The number of nitrogens with zero attached hydrogens (tertiary/aromatic N) is 4. The third kappa shape index (κ3) is 3.29. The Labute approximate surface area is 121 Å². The summed E-state index contributed by atoms with van der Waals surface area (Å²) in [6.07, 6.45) is 10.2. The van der Waals surface area contributed by atoms with Crippen molar-refractivity contribution < 1.29 is 8.78 Å². The van der Waals surface area contributed by atoms with Crippen LogP contribution in [0.5, 0.6) is 0 Å². The lowest BCUT2D eigenvalue weighted by atomic mass is 10.2.